The smallest absolute Gasteiger partial charge is 0.0777 e. The second-order valence-electron chi connectivity index (χ2n) is 9.76. The first-order chi connectivity index (χ1) is 11.6. The normalized spacial score (nSPS) is 36.8. The maximum Gasteiger partial charge on any atom is 0.0777 e. The van der Waals surface area contributed by atoms with Crippen LogP contribution in [0.25, 0.3) is 0 Å². The molecular formula is C23H36O2. The third-order valence-electron chi connectivity index (χ3n) is 7.29. The predicted molar refractivity (Wildman–Crippen MR) is 104 cm³/mol. The predicted octanol–water partition coefficient (Wildman–Crippen LogP) is 5.17. The molecule has 1 unspecified atom stereocenters. The summed E-state index contributed by atoms with van der Waals surface area (Å²) in [5.41, 5.74) is 5.52. The minimum absolute atomic E-state index is 0.173. The quantitative estimate of drug-likeness (QED) is 0.741. The van der Waals surface area contributed by atoms with Crippen LogP contribution in [0.15, 0.2) is 34.4 Å². The Hall–Kier alpha value is -0.860. The van der Waals surface area contributed by atoms with Crippen LogP contribution in [0.4, 0.5) is 0 Å². The number of hydrogen-bond acceptors (Lipinski definition) is 2. The lowest BCUT2D eigenvalue weighted by atomic mass is 9.57. The van der Waals surface area contributed by atoms with Gasteiger partial charge in [0.2, 0.25) is 0 Å². The van der Waals surface area contributed by atoms with Gasteiger partial charge in [-0.3, -0.25) is 0 Å². The average Bonchev–Trinajstić information content (AvgIpc) is 2.83. The van der Waals surface area contributed by atoms with E-state index in [1.54, 1.807) is 5.57 Å². The van der Waals surface area contributed by atoms with Gasteiger partial charge in [-0.1, -0.05) is 59.3 Å². The Morgan fingerprint density at radius 2 is 1.72 bits per heavy atom. The van der Waals surface area contributed by atoms with Gasteiger partial charge in [0.25, 0.3) is 0 Å². The maximum atomic E-state index is 11.2. The van der Waals surface area contributed by atoms with Crippen LogP contribution in [0.3, 0.4) is 0 Å². The average molecular weight is 345 g/mol. The number of fused-ring (bicyclic) bond motifs is 3. The van der Waals surface area contributed by atoms with E-state index in [0.717, 1.165) is 18.4 Å². The number of aliphatic hydroxyl groups excluding tert-OH is 2. The van der Waals surface area contributed by atoms with Crippen LogP contribution in [-0.4, -0.2) is 22.4 Å². The van der Waals surface area contributed by atoms with E-state index in [4.69, 9.17) is 0 Å². The molecule has 4 atom stereocenters. The van der Waals surface area contributed by atoms with E-state index >= 15 is 0 Å². The van der Waals surface area contributed by atoms with Gasteiger partial charge in [0.1, 0.15) is 0 Å². The van der Waals surface area contributed by atoms with Gasteiger partial charge in [-0.15, -0.1) is 0 Å². The lowest BCUT2D eigenvalue weighted by molar-refractivity contribution is 0.0330. The number of allylic oxidation sites excluding steroid dienone is 4. The molecule has 0 amide bonds. The van der Waals surface area contributed by atoms with Crippen molar-refractivity contribution in [3.05, 3.63) is 34.4 Å². The summed E-state index contributed by atoms with van der Waals surface area (Å²) in [7, 11) is 0. The molecule has 0 aromatic heterocycles. The van der Waals surface area contributed by atoms with E-state index in [-0.39, 0.29) is 16.7 Å². The van der Waals surface area contributed by atoms with E-state index in [0.29, 0.717) is 12.3 Å². The fourth-order valence-electron chi connectivity index (χ4n) is 5.30. The standard InChI is InChI=1S/C23H36O2/c1-14(2)17-9-10-22(5)11-12-23(6)18(20(17)22)8-7-16(13-19(23)24)21(25)15(3)4/h7-8,14-15,19,21,24-25H,9-13H2,1-6H3/t19-,21?,22+,23+/m0/s1. The number of hydrogen-bond donors (Lipinski definition) is 2. The van der Waals surface area contributed by atoms with Gasteiger partial charge in [0.05, 0.1) is 12.2 Å². The Morgan fingerprint density at radius 3 is 2.32 bits per heavy atom. The van der Waals surface area contributed by atoms with Crippen LogP contribution >= 0.6 is 0 Å². The van der Waals surface area contributed by atoms with Crippen LogP contribution in [0.1, 0.15) is 73.6 Å². The summed E-state index contributed by atoms with van der Waals surface area (Å²) in [6.45, 7) is 13.3. The van der Waals surface area contributed by atoms with Gasteiger partial charge in [0, 0.05) is 5.41 Å². The first kappa shape index (κ1) is 18.9. The van der Waals surface area contributed by atoms with E-state index in [1.807, 2.05) is 13.8 Å². The minimum atomic E-state index is -0.469. The summed E-state index contributed by atoms with van der Waals surface area (Å²) < 4.78 is 0. The molecule has 3 aliphatic rings. The fraction of sp³-hybridized carbons (Fsp3) is 0.739. The number of aliphatic hydroxyl groups is 2. The van der Waals surface area contributed by atoms with Gasteiger partial charge in [0.15, 0.2) is 0 Å². The Labute approximate surface area is 153 Å². The molecule has 3 rings (SSSR count). The van der Waals surface area contributed by atoms with Crippen molar-refractivity contribution < 1.29 is 10.2 Å². The minimum Gasteiger partial charge on any atom is -0.392 e. The summed E-state index contributed by atoms with van der Waals surface area (Å²) in [6.07, 6.45) is 8.67. The molecule has 2 heteroatoms. The SMILES string of the molecule is CC(C)C1=C2C3=CC=C(C(O)C(C)C)C[C@H](O)[C@]3(C)CC[C@@]2(C)CC1. The highest BCUT2D eigenvalue weighted by atomic mass is 16.3. The van der Waals surface area contributed by atoms with Gasteiger partial charge in [-0.25, -0.2) is 0 Å². The first-order valence-corrected chi connectivity index (χ1v) is 10.1. The molecule has 1 saturated carbocycles. The molecule has 0 aromatic rings. The number of rotatable bonds is 3. The van der Waals surface area contributed by atoms with Crippen molar-refractivity contribution in [2.45, 2.75) is 85.9 Å². The lowest BCUT2D eigenvalue weighted by Crippen LogP contribution is -2.42. The molecule has 0 spiro atoms. The van der Waals surface area contributed by atoms with Crippen LogP contribution in [-0.2, 0) is 0 Å². The molecule has 1 fully saturated rings. The van der Waals surface area contributed by atoms with E-state index < -0.39 is 12.2 Å². The van der Waals surface area contributed by atoms with Crippen molar-refractivity contribution in [1.29, 1.82) is 0 Å². The summed E-state index contributed by atoms with van der Waals surface area (Å²) in [6, 6.07) is 0. The van der Waals surface area contributed by atoms with Crippen molar-refractivity contribution in [3.63, 3.8) is 0 Å². The highest BCUT2D eigenvalue weighted by Crippen LogP contribution is 2.61. The summed E-state index contributed by atoms with van der Waals surface area (Å²) in [5.74, 6) is 0.733. The first-order valence-electron chi connectivity index (χ1n) is 10.1. The molecule has 3 aliphatic carbocycles. The topological polar surface area (TPSA) is 40.5 Å². The van der Waals surface area contributed by atoms with Crippen LogP contribution in [0.2, 0.25) is 0 Å². The van der Waals surface area contributed by atoms with Crippen molar-refractivity contribution in [2.24, 2.45) is 22.7 Å². The zero-order valence-corrected chi connectivity index (χ0v) is 16.9. The van der Waals surface area contributed by atoms with Crippen molar-refractivity contribution >= 4 is 0 Å². The second-order valence-corrected chi connectivity index (χ2v) is 9.76. The molecule has 0 saturated heterocycles. The highest BCUT2D eigenvalue weighted by Gasteiger charge is 2.51. The van der Waals surface area contributed by atoms with Gasteiger partial charge in [-0.05, 0) is 66.1 Å². The van der Waals surface area contributed by atoms with Crippen molar-refractivity contribution in [1.82, 2.24) is 0 Å². The van der Waals surface area contributed by atoms with Crippen LogP contribution < -0.4 is 0 Å². The monoisotopic (exact) mass is 344 g/mol. The van der Waals surface area contributed by atoms with E-state index in [1.165, 1.54) is 24.0 Å². The molecule has 0 aliphatic heterocycles. The summed E-state index contributed by atoms with van der Waals surface area (Å²) >= 11 is 0. The Morgan fingerprint density at radius 1 is 1.04 bits per heavy atom. The van der Waals surface area contributed by atoms with E-state index in [9.17, 15) is 10.2 Å². The lowest BCUT2D eigenvalue weighted by Gasteiger charge is -2.48. The molecule has 2 nitrogen and oxygen atoms in total. The van der Waals surface area contributed by atoms with Gasteiger partial charge >= 0.3 is 0 Å². The maximum absolute atomic E-state index is 11.2. The molecule has 0 heterocycles. The van der Waals surface area contributed by atoms with Crippen LogP contribution in [0, 0.1) is 22.7 Å². The molecular weight excluding hydrogens is 308 g/mol. The van der Waals surface area contributed by atoms with E-state index in [2.05, 4.69) is 39.8 Å². The highest BCUT2D eigenvalue weighted by molar-refractivity contribution is 5.52. The third kappa shape index (κ3) is 2.96. The van der Waals surface area contributed by atoms with Gasteiger partial charge in [-0.2, -0.15) is 0 Å². The molecule has 0 aromatic carbocycles. The molecule has 0 bridgehead atoms. The molecule has 140 valence electrons. The zero-order valence-electron chi connectivity index (χ0n) is 16.9. The Bertz CT molecular complexity index is 636. The Balaban J connectivity index is 2.13. The largest absolute Gasteiger partial charge is 0.392 e. The van der Waals surface area contributed by atoms with Crippen molar-refractivity contribution in [3.8, 4) is 0 Å². The fourth-order valence-corrected chi connectivity index (χ4v) is 5.30. The Kier molecular flexibility index (Phi) is 4.83. The summed E-state index contributed by atoms with van der Waals surface area (Å²) in [5, 5.41) is 21.7. The molecule has 0 radical (unpaired) electrons. The van der Waals surface area contributed by atoms with Crippen LogP contribution in [0.5, 0.6) is 0 Å². The second kappa shape index (κ2) is 6.39. The molecule has 25 heavy (non-hydrogen) atoms. The van der Waals surface area contributed by atoms with Gasteiger partial charge < -0.3 is 10.2 Å². The van der Waals surface area contributed by atoms with Crippen molar-refractivity contribution in [2.75, 3.05) is 0 Å². The zero-order chi connectivity index (χ0) is 18.6. The third-order valence-corrected chi connectivity index (χ3v) is 7.29. The summed E-state index contributed by atoms with van der Waals surface area (Å²) in [4.78, 5) is 0. The molecule has 2 N–H and O–H groups in total.